The molecule has 0 saturated carbocycles. The molecule has 0 amide bonds. The molecule has 0 aliphatic carbocycles. The molecule has 0 bridgehead atoms. The molecular formula is C3H10K2NO9P3. The third-order valence-electron chi connectivity index (χ3n) is 1.14. The van der Waals surface area contributed by atoms with Crippen LogP contribution in [0.4, 0.5) is 0 Å². The van der Waals surface area contributed by atoms with Crippen molar-refractivity contribution in [2.24, 2.45) is 0 Å². The molecule has 15 heteroatoms. The van der Waals surface area contributed by atoms with Gasteiger partial charge in [0.1, 0.15) is 12.6 Å². The molecule has 0 radical (unpaired) electrons. The summed E-state index contributed by atoms with van der Waals surface area (Å²) in [6, 6.07) is 0. The van der Waals surface area contributed by atoms with Gasteiger partial charge in [-0.1, -0.05) is 7.60 Å². The Kier molecular flexibility index (Phi) is 15.4. The second-order valence-corrected chi connectivity index (χ2v) is 7.76. The average molecular weight is 375 g/mol. The smallest absolute Gasteiger partial charge is 0.810 e. The molecule has 0 atom stereocenters. The van der Waals surface area contributed by atoms with Gasteiger partial charge in [0.25, 0.3) is 0 Å². The Balaban J connectivity index is -0.00000112. The van der Waals surface area contributed by atoms with E-state index in [1.165, 1.54) is 0 Å². The zero-order valence-corrected chi connectivity index (χ0v) is 18.7. The largest absolute Gasteiger partial charge is 1.00 e. The molecule has 0 rings (SSSR count). The predicted octanol–water partition coefficient (Wildman–Crippen LogP) is -8.56. The number of hydrogen-bond acceptors (Lipinski definition) is 6. The van der Waals surface area contributed by atoms with E-state index in [-0.39, 0.29) is 108 Å². The summed E-state index contributed by atoms with van der Waals surface area (Å²) in [5, 5.41) is 0. The molecule has 0 spiro atoms. The van der Waals surface area contributed by atoms with Crippen LogP contribution in [0.1, 0.15) is 0 Å². The van der Waals surface area contributed by atoms with Crippen molar-refractivity contribution in [2.45, 2.75) is 0 Å². The minimum atomic E-state index is -5.15. The number of rotatable bonds is 6. The predicted molar refractivity (Wildman–Crippen MR) is 48.1 cm³/mol. The van der Waals surface area contributed by atoms with Crippen molar-refractivity contribution >= 4 is 22.8 Å². The summed E-state index contributed by atoms with van der Waals surface area (Å²) in [5.74, 6) is 0. The maximum atomic E-state index is 10.5. The second kappa shape index (κ2) is 10.5. The molecule has 4 N–H and O–H groups in total. The number of nitrogens with zero attached hydrogens (tertiary/aromatic N) is 1. The molecule has 18 heavy (non-hydrogen) atoms. The molecule has 0 aromatic carbocycles. The molecule has 0 unspecified atom stereocenters. The van der Waals surface area contributed by atoms with E-state index in [1.54, 1.807) is 0 Å². The van der Waals surface area contributed by atoms with Crippen molar-refractivity contribution in [1.29, 1.82) is 0 Å². The van der Waals surface area contributed by atoms with Gasteiger partial charge in [0.15, 0.2) is 0 Å². The van der Waals surface area contributed by atoms with E-state index in [0.717, 1.165) is 0 Å². The molecule has 0 fully saturated rings. The molecular weight excluding hydrogens is 365 g/mol. The van der Waals surface area contributed by atoms with Crippen molar-refractivity contribution in [3.8, 4) is 0 Å². The van der Waals surface area contributed by atoms with Gasteiger partial charge in [-0.25, -0.2) is 0 Å². The standard InChI is InChI=1S/C3H12NO9P3.2K/c5-14(6,7)1-4(2-15(8,9)10)3-16(11,12)13;;/h1-3H2,(H2,5,6,7)(H2,8,9,10)(H2,11,12,13);;/q;2*+1/p-2. The Morgan fingerprint density at radius 2 is 1.06 bits per heavy atom. The summed E-state index contributed by atoms with van der Waals surface area (Å²) in [4.78, 5) is 54.9. The van der Waals surface area contributed by atoms with Crippen molar-refractivity contribution in [3.63, 3.8) is 0 Å². The Bertz CT molecular complexity index is 314. The van der Waals surface area contributed by atoms with Crippen LogP contribution in [0.25, 0.3) is 0 Å². The van der Waals surface area contributed by atoms with Crippen molar-refractivity contribution in [2.75, 3.05) is 18.9 Å². The summed E-state index contributed by atoms with van der Waals surface area (Å²) < 4.78 is 31.4. The third-order valence-corrected chi connectivity index (χ3v) is 3.42. The van der Waals surface area contributed by atoms with Crippen molar-refractivity contribution in [3.05, 3.63) is 0 Å². The van der Waals surface area contributed by atoms with Crippen molar-refractivity contribution in [1.82, 2.24) is 4.90 Å². The summed E-state index contributed by atoms with van der Waals surface area (Å²) in [6.45, 7) is 0. The van der Waals surface area contributed by atoms with Crippen LogP contribution in [0.2, 0.25) is 0 Å². The zero-order chi connectivity index (χ0) is 13.2. The molecule has 0 aromatic heterocycles. The quantitative estimate of drug-likeness (QED) is 0.257. The van der Waals surface area contributed by atoms with Gasteiger partial charge in [-0.15, -0.1) is 0 Å². The van der Waals surface area contributed by atoms with Gasteiger partial charge in [0.05, 0.1) is 0 Å². The van der Waals surface area contributed by atoms with Gasteiger partial charge in [0.2, 0.25) is 0 Å². The molecule has 0 heterocycles. The van der Waals surface area contributed by atoms with E-state index >= 15 is 0 Å². The Labute approximate surface area is 188 Å². The van der Waals surface area contributed by atoms with Gasteiger partial charge in [-0.05, 0) is 0 Å². The van der Waals surface area contributed by atoms with E-state index in [2.05, 4.69) is 0 Å². The molecule has 98 valence electrons. The SMILES string of the molecule is O=P([O-])([O-])CN(CP(=O)(O)O)CP(=O)(O)O.[K+].[K+]. The van der Waals surface area contributed by atoms with Crippen LogP contribution < -0.4 is 113 Å². The van der Waals surface area contributed by atoms with Gasteiger partial charge in [0, 0.05) is 6.29 Å². The van der Waals surface area contributed by atoms with Gasteiger partial charge < -0.3 is 33.9 Å². The van der Waals surface area contributed by atoms with E-state index < -0.39 is 41.6 Å². The van der Waals surface area contributed by atoms with E-state index in [1.807, 2.05) is 0 Å². The normalized spacial score (nSPS) is 12.8. The third kappa shape index (κ3) is 19.7. The Hall–Kier alpha value is 3.68. The van der Waals surface area contributed by atoms with Crippen LogP contribution in [0.5, 0.6) is 0 Å². The summed E-state index contributed by atoms with van der Waals surface area (Å²) >= 11 is 0. The Morgan fingerprint density at radius 1 is 0.778 bits per heavy atom. The van der Waals surface area contributed by atoms with Crippen LogP contribution in [-0.2, 0) is 13.7 Å². The van der Waals surface area contributed by atoms with E-state index in [9.17, 15) is 23.5 Å². The number of hydrogen-bond donors (Lipinski definition) is 4. The first kappa shape index (κ1) is 26.6. The van der Waals surface area contributed by atoms with E-state index in [4.69, 9.17) is 19.6 Å². The topological polar surface area (TPSA) is 181 Å². The summed E-state index contributed by atoms with van der Waals surface area (Å²) in [7, 11) is -14.6. The fourth-order valence-electron chi connectivity index (χ4n) is 0.900. The van der Waals surface area contributed by atoms with Gasteiger partial charge in [-0.2, -0.15) is 0 Å². The maximum Gasteiger partial charge on any atom is 1.00 e. The van der Waals surface area contributed by atoms with Crippen LogP contribution in [0.3, 0.4) is 0 Å². The van der Waals surface area contributed by atoms with Crippen molar-refractivity contribution < 1.29 is 146 Å². The summed E-state index contributed by atoms with van der Waals surface area (Å²) in [5.41, 5.74) is 0. The molecule has 0 aliphatic rings. The fraction of sp³-hybridized carbons (Fsp3) is 1.00. The van der Waals surface area contributed by atoms with Gasteiger partial charge in [-0.3, -0.25) is 14.0 Å². The zero-order valence-electron chi connectivity index (χ0n) is 9.74. The maximum absolute atomic E-state index is 10.5. The minimum absolute atomic E-state index is 0. The van der Waals surface area contributed by atoms with E-state index in [0.29, 0.717) is 0 Å². The van der Waals surface area contributed by atoms with Crippen LogP contribution in [0, 0.1) is 0 Å². The first-order valence-corrected chi connectivity index (χ1v) is 8.93. The monoisotopic (exact) mass is 375 g/mol. The van der Waals surface area contributed by atoms with Gasteiger partial charge >= 0.3 is 118 Å². The first-order chi connectivity index (χ1) is 6.79. The van der Waals surface area contributed by atoms with Crippen LogP contribution >= 0.6 is 22.8 Å². The fourth-order valence-corrected chi connectivity index (χ4v) is 3.51. The van der Waals surface area contributed by atoms with Crippen LogP contribution in [-0.4, -0.2) is 43.3 Å². The van der Waals surface area contributed by atoms with Crippen LogP contribution in [0.15, 0.2) is 0 Å². The second-order valence-electron chi connectivity index (χ2n) is 3.04. The molecule has 10 nitrogen and oxygen atoms in total. The average Bonchev–Trinajstić information content (AvgIpc) is 1.70. The molecule has 0 saturated heterocycles. The Morgan fingerprint density at radius 3 is 1.22 bits per heavy atom. The molecule has 0 aliphatic heterocycles. The summed E-state index contributed by atoms with van der Waals surface area (Å²) in [6.07, 6.45) is -3.79. The minimum Gasteiger partial charge on any atom is -0.810 e. The first-order valence-electron chi connectivity index (χ1n) is 3.61. The molecule has 0 aromatic rings.